The van der Waals surface area contributed by atoms with Crippen LogP contribution in [0.5, 0.6) is 0 Å². The topological polar surface area (TPSA) is 59.3 Å². The van der Waals surface area contributed by atoms with Crippen molar-refractivity contribution in [1.29, 1.82) is 0 Å². The maximum Gasteiger partial charge on any atom is 0.416 e. The summed E-state index contributed by atoms with van der Waals surface area (Å²) in [5.41, 5.74) is -1.67. The van der Waals surface area contributed by atoms with Crippen LogP contribution < -0.4 is 5.43 Å². The molecule has 0 saturated carbocycles. The monoisotopic (exact) mass is 353 g/mol. The van der Waals surface area contributed by atoms with E-state index in [1.807, 2.05) is 13.8 Å². The summed E-state index contributed by atoms with van der Waals surface area (Å²) in [6, 6.07) is 4.26. The molecule has 0 radical (unpaired) electrons. The summed E-state index contributed by atoms with van der Waals surface area (Å²) < 4.78 is 40.6. The molecular formula is C18H18F3NO3. The van der Waals surface area contributed by atoms with Gasteiger partial charge in [0.25, 0.3) is 0 Å². The van der Waals surface area contributed by atoms with Gasteiger partial charge in [0.15, 0.2) is 0 Å². The number of pyridine rings is 1. The van der Waals surface area contributed by atoms with E-state index in [-0.39, 0.29) is 17.2 Å². The molecule has 25 heavy (non-hydrogen) atoms. The summed E-state index contributed by atoms with van der Waals surface area (Å²) in [7, 11) is 0. The second-order valence-corrected chi connectivity index (χ2v) is 5.88. The summed E-state index contributed by atoms with van der Waals surface area (Å²) in [6.45, 7) is 5.35. The largest absolute Gasteiger partial charge is 0.477 e. The van der Waals surface area contributed by atoms with E-state index in [4.69, 9.17) is 0 Å². The molecular weight excluding hydrogens is 335 g/mol. The molecule has 1 aromatic carbocycles. The van der Waals surface area contributed by atoms with Crippen LogP contribution in [-0.4, -0.2) is 15.6 Å². The number of carboxylic acids is 1. The molecule has 1 aromatic heterocycles. The minimum absolute atomic E-state index is 0.0219. The number of hydrogen-bond donors (Lipinski definition) is 1. The van der Waals surface area contributed by atoms with E-state index < -0.39 is 28.7 Å². The van der Waals surface area contributed by atoms with Gasteiger partial charge in [0.2, 0.25) is 5.43 Å². The van der Waals surface area contributed by atoms with E-state index in [1.54, 1.807) is 11.5 Å². The summed E-state index contributed by atoms with van der Waals surface area (Å²) in [5.74, 6) is -1.41. The van der Waals surface area contributed by atoms with Crippen molar-refractivity contribution in [3.63, 3.8) is 0 Å². The first-order valence-corrected chi connectivity index (χ1v) is 7.74. The number of nitrogens with zero attached hydrogens (tertiary/aromatic N) is 1. The molecule has 0 spiro atoms. The Morgan fingerprint density at radius 2 is 1.96 bits per heavy atom. The first-order chi connectivity index (χ1) is 11.6. The SMILES string of the molecule is CC[C@@H](C)n1cc(C(=O)O)c(=O)c(-c2cccc(C(F)(F)F)c2)c1C. The lowest BCUT2D eigenvalue weighted by atomic mass is 9.98. The molecule has 1 N–H and O–H groups in total. The van der Waals surface area contributed by atoms with E-state index in [0.717, 1.165) is 12.1 Å². The molecule has 0 aliphatic carbocycles. The fourth-order valence-corrected chi connectivity index (χ4v) is 2.72. The smallest absolute Gasteiger partial charge is 0.416 e. The normalized spacial score (nSPS) is 12.9. The van der Waals surface area contributed by atoms with Crippen LogP contribution in [0.1, 0.15) is 47.9 Å². The number of carboxylic acid groups (broad SMARTS) is 1. The second-order valence-electron chi connectivity index (χ2n) is 5.88. The Morgan fingerprint density at radius 3 is 2.48 bits per heavy atom. The van der Waals surface area contributed by atoms with E-state index in [0.29, 0.717) is 12.1 Å². The van der Waals surface area contributed by atoms with E-state index in [2.05, 4.69) is 0 Å². The molecule has 0 saturated heterocycles. The van der Waals surface area contributed by atoms with Gasteiger partial charge in [-0.25, -0.2) is 4.79 Å². The number of alkyl halides is 3. The van der Waals surface area contributed by atoms with Crippen LogP contribution in [0, 0.1) is 6.92 Å². The summed E-state index contributed by atoms with van der Waals surface area (Å²) in [4.78, 5) is 24.0. The summed E-state index contributed by atoms with van der Waals surface area (Å²) in [6.07, 6.45) is -2.62. The number of benzene rings is 1. The number of halogens is 3. The molecule has 1 heterocycles. The third-order valence-corrected chi connectivity index (χ3v) is 4.26. The number of hydrogen-bond acceptors (Lipinski definition) is 2. The molecule has 0 unspecified atom stereocenters. The minimum Gasteiger partial charge on any atom is -0.477 e. The zero-order valence-corrected chi connectivity index (χ0v) is 14.0. The van der Waals surface area contributed by atoms with Crippen molar-refractivity contribution in [3.05, 3.63) is 57.5 Å². The lowest BCUT2D eigenvalue weighted by Crippen LogP contribution is -2.23. The van der Waals surface area contributed by atoms with Gasteiger partial charge in [0, 0.05) is 23.5 Å². The van der Waals surface area contributed by atoms with Gasteiger partial charge in [0.05, 0.1) is 5.56 Å². The molecule has 4 nitrogen and oxygen atoms in total. The maximum atomic E-state index is 13.0. The Kier molecular flexibility index (Phi) is 5.06. The summed E-state index contributed by atoms with van der Waals surface area (Å²) >= 11 is 0. The highest BCUT2D eigenvalue weighted by atomic mass is 19.4. The van der Waals surface area contributed by atoms with Crippen LogP contribution >= 0.6 is 0 Å². The fourth-order valence-electron chi connectivity index (χ4n) is 2.72. The lowest BCUT2D eigenvalue weighted by molar-refractivity contribution is -0.137. The molecule has 7 heteroatoms. The molecule has 2 rings (SSSR count). The van der Waals surface area contributed by atoms with Gasteiger partial charge < -0.3 is 9.67 Å². The number of aromatic nitrogens is 1. The zero-order valence-electron chi connectivity index (χ0n) is 14.0. The Labute approximate surface area is 142 Å². The Bertz CT molecular complexity index is 869. The molecule has 134 valence electrons. The number of rotatable bonds is 4. The highest BCUT2D eigenvalue weighted by Gasteiger charge is 2.31. The first kappa shape index (κ1) is 18.8. The number of aromatic carboxylic acids is 1. The van der Waals surface area contributed by atoms with Crippen molar-refractivity contribution in [2.45, 2.75) is 39.4 Å². The van der Waals surface area contributed by atoms with Gasteiger partial charge in [-0.3, -0.25) is 4.79 Å². The lowest BCUT2D eigenvalue weighted by Gasteiger charge is -2.21. The number of carbonyl (C=O) groups is 1. The van der Waals surface area contributed by atoms with Gasteiger partial charge in [-0.05, 0) is 38.0 Å². The first-order valence-electron chi connectivity index (χ1n) is 7.74. The van der Waals surface area contributed by atoms with E-state index >= 15 is 0 Å². The molecule has 1 atom stereocenters. The zero-order chi connectivity index (χ0) is 18.9. The minimum atomic E-state index is -4.55. The van der Waals surface area contributed by atoms with Gasteiger partial charge >= 0.3 is 12.1 Å². The van der Waals surface area contributed by atoms with Crippen LogP contribution in [-0.2, 0) is 6.18 Å². The van der Waals surface area contributed by atoms with Crippen LogP contribution in [0.3, 0.4) is 0 Å². The predicted octanol–water partition coefficient (Wildman–Crippen LogP) is 4.51. The molecule has 0 fully saturated rings. The molecule has 0 aliphatic rings. The predicted molar refractivity (Wildman–Crippen MR) is 87.8 cm³/mol. The molecule has 0 amide bonds. The van der Waals surface area contributed by atoms with Crippen molar-refractivity contribution in [2.24, 2.45) is 0 Å². The molecule has 2 aromatic rings. The van der Waals surface area contributed by atoms with Gasteiger partial charge in [-0.2, -0.15) is 13.2 Å². The van der Waals surface area contributed by atoms with Crippen molar-refractivity contribution in [3.8, 4) is 11.1 Å². The summed E-state index contributed by atoms with van der Waals surface area (Å²) in [5, 5.41) is 9.30. The maximum absolute atomic E-state index is 13.0. The Morgan fingerprint density at radius 1 is 1.32 bits per heavy atom. The second kappa shape index (κ2) is 6.74. The average Bonchev–Trinajstić information content (AvgIpc) is 2.53. The quantitative estimate of drug-likeness (QED) is 0.880. The standard InChI is InChI=1S/C18H18F3NO3/c1-4-10(2)22-9-14(17(24)25)16(23)15(11(22)3)12-6-5-7-13(8-12)18(19,20)21/h5-10H,4H2,1-3H3,(H,24,25)/t10-/m1/s1. The third kappa shape index (κ3) is 3.60. The van der Waals surface area contributed by atoms with Gasteiger partial charge in [-0.15, -0.1) is 0 Å². The fraction of sp³-hybridized carbons (Fsp3) is 0.333. The van der Waals surface area contributed by atoms with Crippen LogP contribution in [0.25, 0.3) is 11.1 Å². The van der Waals surface area contributed by atoms with Crippen molar-refractivity contribution >= 4 is 5.97 Å². The van der Waals surface area contributed by atoms with Crippen LogP contribution in [0.2, 0.25) is 0 Å². The van der Waals surface area contributed by atoms with Crippen molar-refractivity contribution < 1.29 is 23.1 Å². The highest BCUT2D eigenvalue weighted by Crippen LogP contribution is 2.32. The van der Waals surface area contributed by atoms with Crippen molar-refractivity contribution in [1.82, 2.24) is 4.57 Å². The average molecular weight is 353 g/mol. The molecule has 0 bridgehead atoms. The van der Waals surface area contributed by atoms with Crippen LogP contribution in [0.15, 0.2) is 35.3 Å². The van der Waals surface area contributed by atoms with Gasteiger partial charge in [0.1, 0.15) is 5.56 Å². The van der Waals surface area contributed by atoms with Crippen LogP contribution in [0.4, 0.5) is 13.2 Å². The Balaban J connectivity index is 2.83. The van der Waals surface area contributed by atoms with Crippen molar-refractivity contribution in [2.75, 3.05) is 0 Å². The third-order valence-electron chi connectivity index (χ3n) is 4.26. The highest BCUT2D eigenvalue weighted by molar-refractivity contribution is 5.89. The van der Waals surface area contributed by atoms with Gasteiger partial charge in [-0.1, -0.05) is 19.1 Å². The van der Waals surface area contributed by atoms with E-state index in [9.17, 15) is 27.9 Å². The van der Waals surface area contributed by atoms with E-state index in [1.165, 1.54) is 18.3 Å². The molecule has 0 aliphatic heterocycles. The Hall–Kier alpha value is -2.57.